The molecule has 0 aliphatic carbocycles. The van der Waals surface area contributed by atoms with Crippen molar-refractivity contribution in [3.05, 3.63) is 41.7 Å². The van der Waals surface area contributed by atoms with Gasteiger partial charge in [-0.25, -0.2) is 18.9 Å². The molecule has 0 amide bonds. The third-order valence-electron chi connectivity index (χ3n) is 2.50. The van der Waals surface area contributed by atoms with E-state index >= 15 is 0 Å². The minimum Gasteiger partial charge on any atom is -0.497 e. The quantitative estimate of drug-likeness (QED) is 0.779. The number of rotatable bonds is 4. The van der Waals surface area contributed by atoms with E-state index in [-0.39, 0.29) is 12.4 Å². The number of nitrogens with zero attached hydrogens (tertiary/aromatic N) is 3. The van der Waals surface area contributed by atoms with Gasteiger partial charge in [0.2, 0.25) is 0 Å². The lowest BCUT2D eigenvalue weighted by Gasteiger charge is -2.05. The molecular formula is C12H12FN3O3. The van der Waals surface area contributed by atoms with Crippen LogP contribution >= 0.6 is 0 Å². The number of benzene rings is 1. The minimum absolute atomic E-state index is 0.0589. The first kappa shape index (κ1) is 13.0. The second-order valence-corrected chi connectivity index (χ2v) is 3.71. The zero-order valence-electron chi connectivity index (χ0n) is 10.5. The highest BCUT2D eigenvalue weighted by Gasteiger charge is 2.12. The normalized spacial score (nSPS) is 10.3. The molecule has 0 atom stereocenters. The molecule has 0 saturated heterocycles. The van der Waals surface area contributed by atoms with Crippen molar-refractivity contribution in [2.24, 2.45) is 0 Å². The van der Waals surface area contributed by atoms with Crippen molar-refractivity contribution < 1.29 is 18.7 Å². The van der Waals surface area contributed by atoms with E-state index < -0.39 is 11.8 Å². The smallest absolute Gasteiger partial charge is 0.377 e. The number of carbonyl (C=O) groups excluding carboxylic acids is 1. The van der Waals surface area contributed by atoms with Gasteiger partial charge < -0.3 is 9.47 Å². The maximum Gasteiger partial charge on any atom is 0.377 e. The van der Waals surface area contributed by atoms with Crippen molar-refractivity contribution in [2.45, 2.75) is 6.54 Å². The number of hydrogen-bond donors (Lipinski definition) is 0. The first-order valence-electron chi connectivity index (χ1n) is 5.44. The predicted molar refractivity (Wildman–Crippen MR) is 63.4 cm³/mol. The van der Waals surface area contributed by atoms with E-state index in [2.05, 4.69) is 14.8 Å². The van der Waals surface area contributed by atoms with Gasteiger partial charge in [0.1, 0.15) is 17.9 Å². The number of hydrogen-bond acceptors (Lipinski definition) is 5. The highest BCUT2D eigenvalue weighted by Crippen LogP contribution is 2.16. The summed E-state index contributed by atoms with van der Waals surface area (Å²) >= 11 is 0. The van der Waals surface area contributed by atoms with Gasteiger partial charge >= 0.3 is 5.97 Å². The van der Waals surface area contributed by atoms with Crippen LogP contribution in [0.25, 0.3) is 0 Å². The van der Waals surface area contributed by atoms with Gasteiger partial charge in [-0.2, -0.15) is 0 Å². The second-order valence-electron chi connectivity index (χ2n) is 3.71. The number of esters is 1. The van der Waals surface area contributed by atoms with Crippen LogP contribution in [0.5, 0.6) is 5.75 Å². The van der Waals surface area contributed by atoms with E-state index in [9.17, 15) is 9.18 Å². The van der Waals surface area contributed by atoms with Gasteiger partial charge in [0.05, 0.1) is 20.8 Å². The highest BCUT2D eigenvalue weighted by atomic mass is 19.1. The standard InChI is InChI=1S/C12H12FN3O3/c1-18-9-4-3-8(10(13)5-9)6-16-7-14-11(15-16)12(17)19-2/h3-5,7H,6H2,1-2H3. The van der Waals surface area contributed by atoms with Crippen LogP contribution in [-0.4, -0.2) is 35.0 Å². The molecule has 0 aliphatic heterocycles. The summed E-state index contributed by atoms with van der Waals surface area (Å²) in [7, 11) is 2.71. The van der Waals surface area contributed by atoms with Crippen LogP contribution < -0.4 is 4.74 Å². The fourth-order valence-corrected chi connectivity index (χ4v) is 1.51. The summed E-state index contributed by atoms with van der Waals surface area (Å²) in [6.45, 7) is 0.166. The molecule has 1 aromatic carbocycles. The average molecular weight is 265 g/mol. The van der Waals surface area contributed by atoms with E-state index in [1.165, 1.54) is 31.3 Å². The van der Waals surface area contributed by atoms with E-state index in [1.54, 1.807) is 12.1 Å². The Balaban J connectivity index is 2.17. The Morgan fingerprint density at radius 1 is 1.42 bits per heavy atom. The lowest BCUT2D eigenvalue weighted by Crippen LogP contribution is -2.07. The van der Waals surface area contributed by atoms with Crippen molar-refractivity contribution in [1.82, 2.24) is 14.8 Å². The molecule has 6 nitrogen and oxygen atoms in total. The van der Waals surface area contributed by atoms with Crippen molar-refractivity contribution in [3.8, 4) is 5.75 Å². The molecule has 0 unspecified atom stereocenters. The zero-order chi connectivity index (χ0) is 13.8. The molecule has 0 bridgehead atoms. The van der Waals surface area contributed by atoms with Gasteiger partial charge in [-0.15, -0.1) is 5.10 Å². The van der Waals surface area contributed by atoms with E-state index in [4.69, 9.17) is 4.74 Å². The monoisotopic (exact) mass is 265 g/mol. The number of aromatic nitrogens is 3. The fourth-order valence-electron chi connectivity index (χ4n) is 1.51. The van der Waals surface area contributed by atoms with Crippen LogP contribution in [0.4, 0.5) is 4.39 Å². The first-order valence-corrected chi connectivity index (χ1v) is 5.44. The predicted octanol–water partition coefficient (Wildman–Crippen LogP) is 1.26. The van der Waals surface area contributed by atoms with E-state index in [1.807, 2.05) is 0 Å². The third-order valence-corrected chi connectivity index (χ3v) is 2.50. The molecule has 100 valence electrons. The molecule has 1 heterocycles. The number of ether oxygens (including phenoxy) is 2. The zero-order valence-corrected chi connectivity index (χ0v) is 10.5. The lowest BCUT2D eigenvalue weighted by atomic mass is 10.2. The molecule has 0 radical (unpaired) electrons. The molecule has 2 rings (SSSR count). The molecule has 0 fully saturated rings. The van der Waals surface area contributed by atoms with Crippen molar-refractivity contribution >= 4 is 5.97 Å². The van der Waals surface area contributed by atoms with Gasteiger partial charge in [0, 0.05) is 11.6 Å². The molecule has 2 aromatic rings. The maximum absolute atomic E-state index is 13.7. The van der Waals surface area contributed by atoms with Crippen LogP contribution in [-0.2, 0) is 11.3 Å². The van der Waals surface area contributed by atoms with Crippen LogP contribution in [0.15, 0.2) is 24.5 Å². The van der Waals surface area contributed by atoms with Crippen molar-refractivity contribution in [1.29, 1.82) is 0 Å². The summed E-state index contributed by atoms with van der Waals surface area (Å²) < 4.78 is 24.5. The number of halogens is 1. The Bertz CT molecular complexity index is 598. The Labute approximate surface area is 108 Å². The average Bonchev–Trinajstić information content (AvgIpc) is 2.88. The second kappa shape index (κ2) is 5.47. The van der Waals surface area contributed by atoms with E-state index in [0.717, 1.165) is 0 Å². The summed E-state index contributed by atoms with van der Waals surface area (Å²) in [5, 5.41) is 3.89. The number of carbonyl (C=O) groups is 1. The lowest BCUT2D eigenvalue weighted by molar-refractivity contribution is 0.0586. The third kappa shape index (κ3) is 2.87. The molecular weight excluding hydrogens is 253 g/mol. The largest absolute Gasteiger partial charge is 0.497 e. The van der Waals surface area contributed by atoms with E-state index in [0.29, 0.717) is 11.3 Å². The van der Waals surface area contributed by atoms with Crippen LogP contribution in [0.1, 0.15) is 16.2 Å². The molecule has 7 heteroatoms. The van der Waals surface area contributed by atoms with Gasteiger partial charge in [-0.1, -0.05) is 6.07 Å². The maximum atomic E-state index is 13.7. The fraction of sp³-hybridized carbons (Fsp3) is 0.250. The van der Waals surface area contributed by atoms with Crippen LogP contribution in [0.2, 0.25) is 0 Å². The molecule has 0 aliphatic rings. The highest BCUT2D eigenvalue weighted by molar-refractivity contribution is 5.84. The summed E-state index contributed by atoms with van der Waals surface area (Å²) in [5.74, 6) is -0.657. The van der Waals surface area contributed by atoms with Crippen LogP contribution in [0, 0.1) is 5.82 Å². The SMILES string of the molecule is COC(=O)c1ncn(Cc2ccc(OC)cc2F)n1. The summed E-state index contributed by atoms with van der Waals surface area (Å²) in [6, 6.07) is 4.53. The topological polar surface area (TPSA) is 66.2 Å². The molecule has 0 spiro atoms. The Morgan fingerprint density at radius 2 is 2.21 bits per heavy atom. The van der Waals surface area contributed by atoms with Crippen LogP contribution in [0.3, 0.4) is 0 Å². The number of methoxy groups -OCH3 is 2. The summed E-state index contributed by atoms with van der Waals surface area (Å²) in [6.07, 6.45) is 1.34. The Kier molecular flexibility index (Phi) is 3.74. The molecule has 19 heavy (non-hydrogen) atoms. The van der Waals surface area contributed by atoms with Gasteiger partial charge in [0.15, 0.2) is 0 Å². The molecule has 1 aromatic heterocycles. The van der Waals surface area contributed by atoms with Gasteiger partial charge in [0.25, 0.3) is 5.82 Å². The Morgan fingerprint density at radius 3 is 2.84 bits per heavy atom. The van der Waals surface area contributed by atoms with Crippen molar-refractivity contribution in [3.63, 3.8) is 0 Å². The summed E-state index contributed by atoms with van der Waals surface area (Å²) in [5.41, 5.74) is 0.419. The first-order chi connectivity index (χ1) is 9.13. The summed E-state index contributed by atoms with van der Waals surface area (Å²) in [4.78, 5) is 15.0. The minimum atomic E-state index is -0.631. The molecule has 0 saturated carbocycles. The van der Waals surface area contributed by atoms with Gasteiger partial charge in [-0.3, -0.25) is 0 Å². The van der Waals surface area contributed by atoms with Crippen molar-refractivity contribution in [2.75, 3.05) is 14.2 Å². The Hall–Kier alpha value is -2.44. The van der Waals surface area contributed by atoms with Gasteiger partial charge in [-0.05, 0) is 6.07 Å². The molecule has 0 N–H and O–H groups in total.